The van der Waals surface area contributed by atoms with Gasteiger partial charge in [-0.3, -0.25) is 4.79 Å². The van der Waals surface area contributed by atoms with E-state index in [9.17, 15) is 4.79 Å². The summed E-state index contributed by atoms with van der Waals surface area (Å²) < 4.78 is 5.71. The average Bonchev–Trinajstić information content (AvgIpc) is 2.35. The van der Waals surface area contributed by atoms with Gasteiger partial charge in [0.2, 0.25) is 5.91 Å². The predicted octanol–water partition coefficient (Wildman–Crippen LogP) is 3.46. The van der Waals surface area contributed by atoms with Crippen molar-refractivity contribution in [2.45, 2.75) is 53.1 Å². The summed E-state index contributed by atoms with van der Waals surface area (Å²) in [7, 11) is 0. The van der Waals surface area contributed by atoms with Crippen LogP contribution in [0.15, 0.2) is 0 Å². The lowest BCUT2D eigenvalue weighted by Crippen LogP contribution is -2.42. The normalized spacial score (nSPS) is 19.5. The number of alkyl halides is 1. The Hall–Kier alpha value is -0.0900. The lowest BCUT2D eigenvalue weighted by Gasteiger charge is -2.34. The van der Waals surface area contributed by atoms with Crippen LogP contribution < -0.4 is 0 Å². The van der Waals surface area contributed by atoms with Crippen molar-refractivity contribution in [2.24, 2.45) is 11.3 Å². The molecule has 0 spiro atoms. The number of amides is 1. The lowest BCUT2D eigenvalue weighted by molar-refractivity contribution is -0.135. The van der Waals surface area contributed by atoms with Gasteiger partial charge in [-0.05, 0) is 24.2 Å². The predicted molar refractivity (Wildman–Crippen MR) is 82.6 cm³/mol. The summed E-state index contributed by atoms with van der Waals surface area (Å²) in [6.45, 7) is 11.2. The summed E-state index contributed by atoms with van der Waals surface area (Å²) in [6.07, 6.45) is 2.95. The summed E-state index contributed by atoms with van der Waals surface area (Å²) in [5.41, 5.74) is 0.201. The van der Waals surface area contributed by atoms with Gasteiger partial charge in [-0.25, -0.2) is 0 Å². The van der Waals surface area contributed by atoms with Crippen LogP contribution >= 0.6 is 15.9 Å². The SMILES string of the molecule is CC(CC(=O)N1CCC(OCCBr)CC1)C(C)(C)C. The molecular weight excluding hydrogens is 306 g/mol. The minimum atomic E-state index is 0.201. The fourth-order valence-electron chi connectivity index (χ4n) is 2.18. The monoisotopic (exact) mass is 333 g/mol. The van der Waals surface area contributed by atoms with Crippen molar-refractivity contribution in [3.63, 3.8) is 0 Å². The Balaban J connectivity index is 2.33. The Morgan fingerprint density at radius 1 is 1.37 bits per heavy atom. The summed E-state index contributed by atoms with van der Waals surface area (Å²) in [4.78, 5) is 14.3. The topological polar surface area (TPSA) is 29.5 Å². The number of piperidine rings is 1. The van der Waals surface area contributed by atoms with Crippen molar-refractivity contribution in [3.05, 3.63) is 0 Å². The molecule has 0 bridgehead atoms. The van der Waals surface area contributed by atoms with Crippen LogP contribution in [0, 0.1) is 11.3 Å². The second-order valence-corrected chi connectivity index (χ2v) is 7.40. The molecule has 112 valence electrons. The number of halogens is 1. The molecule has 0 aromatic carbocycles. The number of nitrogens with zero attached hydrogens (tertiary/aromatic N) is 1. The van der Waals surface area contributed by atoms with Gasteiger partial charge in [-0.15, -0.1) is 0 Å². The Morgan fingerprint density at radius 2 is 1.95 bits per heavy atom. The van der Waals surface area contributed by atoms with E-state index in [1.165, 1.54) is 0 Å². The maximum Gasteiger partial charge on any atom is 0.222 e. The van der Waals surface area contributed by atoms with Crippen molar-refractivity contribution in [1.82, 2.24) is 4.90 Å². The van der Waals surface area contributed by atoms with Gasteiger partial charge in [0.05, 0.1) is 12.7 Å². The van der Waals surface area contributed by atoms with E-state index in [0.717, 1.165) is 37.9 Å². The van der Waals surface area contributed by atoms with Gasteiger partial charge in [0.25, 0.3) is 0 Å². The first-order valence-corrected chi connectivity index (χ1v) is 8.42. The van der Waals surface area contributed by atoms with Crippen LogP contribution in [0.5, 0.6) is 0 Å². The Bertz CT molecular complexity index is 280. The van der Waals surface area contributed by atoms with Gasteiger partial charge in [0.1, 0.15) is 0 Å². The first-order valence-electron chi connectivity index (χ1n) is 7.30. The average molecular weight is 334 g/mol. The summed E-state index contributed by atoms with van der Waals surface area (Å²) in [5.74, 6) is 0.726. The Labute approximate surface area is 126 Å². The van der Waals surface area contributed by atoms with Crippen molar-refractivity contribution in [1.29, 1.82) is 0 Å². The van der Waals surface area contributed by atoms with E-state index in [4.69, 9.17) is 4.74 Å². The fourth-order valence-corrected chi connectivity index (χ4v) is 2.37. The molecule has 1 rings (SSSR count). The minimum Gasteiger partial charge on any atom is -0.377 e. The fraction of sp³-hybridized carbons (Fsp3) is 0.933. The molecule has 0 aliphatic carbocycles. The highest BCUT2D eigenvalue weighted by Gasteiger charge is 2.27. The van der Waals surface area contributed by atoms with Gasteiger partial charge in [0.15, 0.2) is 0 Å². The molecule has 1 unspecified atom stereocenters. The van der Waals surface area contributed by atoms with Crippen LogP contribution in [0.25, 0.3) is 0 Å². The zero-order valence-corrected chi connectivity index (χ0v) is 14.3. The molecule has 4 heteroatoms. The van der Waals surface area contributed by atoms with Gasteiger partial charge in [0, 0.05) is 24.8 Å². The molecule has 0 radical (unpaired) electrons. The molecule has 1 amide bonds. The van der Waals surface area contributed by atoms with Crippen LogP contribution in [0.4, 0.5) is 0 Å². The van der Waals surface area contributed by atoms with Crippen LogP contribution in [0.1, 0.15) is 47.0 Å². The standard InChI is InChI=1S/C15H28BrNO2/c1-12(15(2,3)4)11-14(18)17-8-5-13(6-9-17)19-10-7-16/h12-13H,5-11H2,1-4H3. The molecule has 0 N–H and O–H groups in total. The van der Waals surface area contributed by atoms with Crippen LogP contribution in [-0.2, 0) is 9.53 Å². The first kappa shape index (κ1) is 17.0. The number of carbonyl (C=O) groups excluding carboxylic acids is 1. The van der Waals surface area contributed by atoms with Crippen LogP contribution in [0.2, 0.25) is 0 Å². The minimum absolute atomic E-state index is 0.201. The van der Waals surface area contributed by atoms with E-state index < -0.39 is 0 Å². The second kappa shape index (κ2) is 7.63. The Morgan fingerprint density at radius 3 is 2.42 bits per heavy atom. The van der Waals surface area contributed by atoms with Gasteiger partial charge in [-0.2, -0.15) is 0 Å². The molecule has 0 aromatic rings. The number of hydrogen-bond acceptors (Lipinski definition) is 2. The second-order valence-electron chi connectivity index (χ2n) is 6.61. The molecule has 3 nitrogen and oxygen atoms in total. The third kappa shape index (κ3) is 5.82. The van der Waals surface area contributed by atoms with Gasteiger partial charge >= 0.3 is 0 Å². The van der Waals surface area contributed by atoms with Crippen molar-refractivity contribution in [2.75, 3.05) is 25.0 Å². The van der Waals surface area contributed by atoms with Crippen molar-refractivity contribution in [3.8, 4) is 0 Å². The van der Waals surface area contributed by atoms with Crippen LogP contribution in [0.3, 0.4) is 0 Å². The van der Waals surface area contributed by atoms with E-state index in [-0.39, 0.29) is 5.41 Å². The number of carbonyl (C=O) groups is 1. The quantitative estimate of drug-likeness (QED) is 0.721. The number of likely N-dealkylation sites (tertiary alicyclic amines) is 1. The number of rotatable bonds is 5. The zero-order chi connectivity index (χ0) is 14.5. The maximum absolute atomic E-state index is 12.3. The number of ether oxygens (including phenoxy) is 1. The highest BCUT2D eigenvalue weighted by atomic mass is 79.9. The molecular formula is C15H28BrNO2. The highest BCUT2D eigenvalue weighted by Crippen LogP contribution is 2.29. The largest absolute Gasteiger partial charge is 0.377 e. The Kier molecular flexibility index (Phi) is 6.81. The van der Waals surface area contributed by atoms with Gasteiger partial charge in [-0.1, -0.05) is 43.6 Å². The molecule has 1 heterocycles. The van der Waals surface area contributed by atoms with Crippen molar-refractivity contribution >= 4 is 21.8 Å². The molecule has 1 saturated heterocycles. The summed E-state index contributed by atoms with van der Waals surface area (Å²) >= 11 is 3.37. The molecule has 0 saturated carbocycles. The van der Waals surface area contributed by atoms with Gasteiger partial charge < -0.3 is 9.64 Å². The van der Waals surface area contributed by atoms with E-state index in [0.29, 0.717) is 24.3 Å². The first-order chi connectivity index (χ1) is 8.84. The van der Waals surface area contributed by atoms with E-state index in [2.05, 4.69) is 43.6 Å². The molecule has 0 aromatic heterocycles. The van der Waals surface area contributed by atoms with E-state index in [1.807, 2.05) is 4.90 Å². The van der Waals surface area contributed by atoms with E-state index >= 15 is 0 Å². The third-order valence-electron chi connectivity index (χ3n) is 4.18. The third-order valence-corrected chi connectivity index (χ3v) is 4.51. The summed E-state index contributed by atoms with van der Waals surface area (Å²) in [5, 5.41) is 0.884. The molecule has 1 aliphatic rings. The zero-order valence-electron chi connectivity index (χ0n) is 12.7. The molecule has 1 fully saturated rings. The van der Waals surface area contributed by atoms with Crippen LogP contribution in [-0.4, -0.2) is 41.9 Å². The maximum atomic E-state index is 12.3. The smallest absolute Gasteiger partial charge is 0.222 e. The van der Waals surface area contributed by atoms with E-state index in [1.54, 1.807) is 0 Å². The molecule has 1 atom stereocenters. The summed E-state index contributed by atoms with van der Waals surface area (Å²) in [6, 6.07) is 0. The molecule has 1 aliphatic heterocycles. The highest BCUT2D eigenvalue weighted by molar-refractivity contribution is 9.09. The number of hydrogen-bond donors (Lipinski definition) is 0. The van der Waals surface area contributed by atoms with Crippen molar-refractivity contribution < 1.29 is 9.53 Å². The lowest BCUT2D eigenvalue weighted by atomic mass is 9.80. The molecule has 19 heavy (non-hydrogen) atoms.